The standard InChI is InChI=1S/C15H25N3O2/c1-11(13-5-4-6-16-9-13)7-15(19)18(3)10-14-8-12(2)20-17-14/h8,11,13,16H,4-7,9-10H2,1-3H3. The smallest absolute Gasteiger partial charge is 0.222 e. The summed E-state index contributed by atoms with van der Waals surface area (Å²) in [4.78, 5) is 14.0. The number of hydrogen-bond donors (Lipinski definition) is 1. The first-order valence-corrected chi connectivity index (χ1v) is 7.43. The molecule has 5 nitrogen and oxygen atoms in total. The zero-order chi connectivity index (χ0) is 14.5. The molecule has 0 bridgehead atoms. The van der Waals surface area contributed by atoms with Gasteiger partial charge in [-0.25, -0.2) is 0 Å². The van der Waals surface area contributed by atoms with E-state index in [1.165, 1.54) is 12.8 Å². The molecule has 0 aromatic carbocycles. The molecule has 2 unspecified atom stereocenters. The highest BCUT2D eigenvalue weighted by Gasteiger charge is 2.23. The number of carbonyl (C=O) groups is 1. The lowest BCUT2D eigenvalue weighted by Gasteiger charge is -2.29. The maximum Gasteiger partial charge on any atom is 0.222 e. The van der Waals surface area contributed by atoms with Gasteiger partial charge in [0.2, 0.25) is 5.91 Å². The number of nitrogens with zero attached hydrogens (tertiary/aromatic N) is 2. The van der Waals surface area contributed by atoms with Crippen LogP contribution in [0.1, 0.15) is 37.6 Å². The first-order valence-electron chi connectivity index (χ1n) is 7.43. The van der Waals surface area contributed by atoms with Crippen LogP contribution in [-0.4, -0.2) is 36.1 Å². The molecule has 112 valence electrons. The zero-order valence-electron chi connectivity index (χ0n) is 12.7. The van der Waals surface area contributed by atoms with Crippen LogP contribution in [0.2, 0.25) is 0 Å². The van der Waals surface area contributed by atoms with E-state index < -0.39 is 0 Å². The van der Waals surface area contributed by atoms with Crippen LogP contribution >= 0.6 is 0 Å². The van der Waals surface area contributed by atoms with E-state index in [0.29, 0.717) is 24.8 Å². The van der Waals surface area contributed by atoms with Crippen molar-refractivity contribution in [2.24, 2.45) is 11.8 Å². The largest absolute Gasteiger partial charge is 0.361 e. The molecule has 1 saturated heterocycles. The van der Waals surface area contributed by atoms with E-state index in [1.807, 2.05) is 20.0 Å². The second kappa shape index (κ2) is 6.88. The Balaban J connectivity index is 1.80. The summed E-state index contributed by atoms with van der Waals surface area (Å²) >= 11 is 0. The van der Waals surface area contributed by atoms with Crippen LogP contribution in [0, 0.1) is 18.8 Å². The first-order chi connectivity index (χ1) is 9.56. The highest BCUT2D eigenvalue weighted by molar-refractivity contribution is 5.76. The molecule has 1 aromatic rings. The lowest BCUT2D eigenvalue weighted by Crippen LogP contribution is -2.36. The fourth-order valence-corrected chi connectivity index (χ4v) is 2.79. The first kappa shape index (κ1) is 15.0. The number of piperidine rings is 1. The van der Waals surface area contributed by atoms with Crippen LogP contribution in [0.5, 0.6) is 0 Å². The van der Waals surface area contributed by atoms with Gasteiger partial charge in [0.25, 0.3) is 0 Å². The van der Waals surface area contributed by atoms with Crippen LogP contribution in [0.15, 0.2) is 10.6 Å². The van der Waals surface area contributed by atoms with E-state index in [-0.39, 0.29) is 5.91 Å². The van der Waals surface area contributed by atoms with E-state index >= 15 is 0 Å². The number of hydrogen-bond acceptors (Lipinski definition) is 4. The molecule has 0 radical (unpaired) electrons. The van der Waals surface area contributed by atoms with Gasteiger partial charge in [0.1, 0.15) is 11.5 Å². The Labute approximate surface area is 120 Å². The second-order valence-corrected chi connectivity index (χ2v) is 5.97. The molecule has 1 fully saturated rings. The van der Waals surface area contributed by atoms with Gasteiger partial charge in [-0.1, -0.05) is 12.1 Å². The van der Waals surface area contributed by atoms with Gasteiger partial charge >= 0.3 is 0 Å². The predicted molar refractivity (Wildman–Crippen MR) is 77.1 cm³/mol. The van der Waals surface area contributed by atoms with E-state index in [2.05, 4.69) is 17.4 Å². The Kier molecular flexibility index (Phi) is 5.17. The van der Waals surface area contributed by atoms with Crippen molar-refractivity contribution in [2.45, 2.75) is 39.7 Å². The summed E-state index contributed by atoms with van der Waals surface area (Å²) in [6.07, 6.45) is 3.06. The van der Waals surface area contributed by atoms with Crippen molar-refractivity contribution in [1.29, 1.82) is 0 Å². The van der Waals surface area contributed by atoms with Gasteiger partial charge in [0.05, 0.1) is 6.54 Å². The number of rotatable bonds is 5. The van der Waals surface area contributed by atoms with Crippen molar-refractivity contribution < 1.29 is 9.32 Å². The normalized spacial score (nSPS) is 20.6. The maximum atomic E-state index is 12.3. The molecule has 1 aliphatic heterocycles. The van der Waals surface area contributed by atoms with Crippen molar-refractivity contribution >= 4 is 5.91 Å². The van der Waals surface area contributed by atoms with Crippen molar-refractivity contribution in [2.75, 3.05) is 20.1 Å². The molecule has 1 aliphatic rings. The Morgan fingerprint density at radius 3 is 3.05 bits per heavy atom. The van der Waals surface area contributed by atoms with Crippen molar-refractivity contribution in [3.63, 3.8) is 0 Å². The summed E-state index contributed by atoms with van der Waals surface area (Å²) in [5, 5.41) is 7.34. The topological polar surface area (TPSA) is 58.4 Å². The second-order valence-electron chi connectivity index (χ2n) is 5.97. The molecule has 0 aliphatic carbocycles. The molecular formula is C15H25N3O2. The summed E-state index contributed by atoms with van der Waals surface area (Å²) in [7, 11) is 1.83. The molecule has 0 saturated carbocycles. The third-order valence-corrected chi connectivity index (χ3v) is 4.14. The van der Waals surface area contributed by atoms with Gasteiger partial charge in [0, 0.05) is 19.5 Å². The fourth-order valence-electron chi connectivity index (χ4n) is 2.79. The zero-order valence-corrected chi connectivity index (χ0v) is 12.7. The number of amides is 1. The molecule has 2 heterocycles. The van der Waals surface area contributed by atoms with E-state index in [9.17, 15) is 4.79 Å². The Hall–Kier alpha value is -1.36. The Morgan fingerprint density at radius 1 is 1.65 bits per heavy atom. The number of carbonyl (C=O) groups excluding carboxylic acids is 1. The number of aryl methyl sites for hydroxylation is 1. The summed E-state index contributed by atoms with van der Waals surface area (Å²) < 4.78 is 5.03. The van der Waals surface area contributed by atoms with Crippen molar-refractivity contribution in [3.05, 3.63) is 17.5 Å². The van der Waals surface area contributed by atoms with Crippen LogP contribution in [0.3, 0.4) is 0 Å². The van der Waals surface area contributed by atoms with Crippen LogP contribution < -0.4 is 5.32 Å². The fraction of sp³-hybridized carbons (Fsp3) is 0.733. The summed E-state index contributed by atoms with van der Waals surface area (Å²) in [5.74, 6) is 2.01. The minimum Gasteiger partial charge on any atom is -0.361 e. The summed E-state index contributed by atoms with van der Waals surface area (Å²) in [6, 6.07) is 1.87. The average molecular weight is 279 g/mol. The molecule has 1 amide bonds. The lowest BCUT2D eigenvalue weighted by atomic mass is 9.85. The lowest BCUT2D eigenvalue weighted by molar-refractivity contribution is -0.131. The van der Waals surface area contributed by atoms with E-state index in [0.717, 1.165) is 24.5 Å². The third kappa shape index (κ3) is 4.07. The SMILES string of the molecule is Cc1cc(CN(C)C(=O)CC(C)C2CCCNC2)no1. The average Bonchev–Trinajstić information content (AvgIpc) is 2.85. The van der Waals surface area contributed by atoms with Gasteiger partial charge < -0.3 is 14.7 Å². The minimum absolute atomic E-state index is 0.184. The number of nitrogens with one attached hydrogen (secondary N) is 1. The van der Waals surface area contributed by atoms with Gasteiger partial charge in [-0.2, -0.15) is 0 Å². The van der Waals surface area contributed by atoms with E-state index in [1.54, 1.807) is 4.90 Å². The number of aromatic nitrogens is 1. The van der Waals surface area contributed by atoms with Crippen LogP contribution in [0.25, 0.3) is 0 Å². The van der Waals surface area contributed by atoms with Gasteiger partial charge in [0.15, 0.2) is 0 Å². The molecule has 2 atom stereocenters. The maximum absolute atomic E-state index is 12.3. The summed E-state index contributed by atoms with van der Waals surface area (Å²) in [5.41, 5.74) is 0.810. The third-order valence-electron chi connectivity index (χ3n) is 4.14. The summed E-state index contributed by atoms with van der Waals surface area (Å²) in [6.45, 7) is 6.72. The van der Waals surface area contributed by atoms with Crippen LogP contribution in [0.4, 0.5) is 0 Å². The molecule has 5 heteroatoms. The van der Waals surface area contributed by atoms with E-state index in [4.69, 9.17) is 4.52 Å². The molecule has 0 spiro atoms. The monoisotopic (exact) mass is 279 g/mol. The Bertz CT molecular complexity index is 438. The van der Waals surface area contributed by atoms with Gasteiger partial charge in [-0.15, -0.1) is 0 Å². The predicted octanol–water partition coefficient (Wildman–Crippen LogP) is 1.97. The molecule has 20 heavy (non-hydrogen) atoms. The van der Waals surface area contributed by atoms with Gasteiger partial charge in [-0.05, 0) is 44.7 Å². The van der Waals surface area contributed by atoms with Crippen LogP contribution in [-0.2, 0) is 11.3 Å². The highest BCUT2D eigenvalue weighted by atomic mass is 16.5. The molecule has 1 N–H and O–H groups in total. The quantitative estimate of drug-likeness (QED) is 0.895. The molecule has 1 aromatic heterocycles. The molecular weight excluding hydrogens is 254 g/mol. The Morgan fingerprint density at radius 2 is 2.45 bits per heavy atom. The van der Waals surface area contributed by atoms with Crippen molar-refractivity contribution in [3.8, 4) is 0 Å². The minimum atomic E-state index is 0.184. The molecule has 2 rings (SSSR count). The highest BCUT2D eigenvalue weighted by Crippen LogP contribution is 2.23. The van der Waals surface area contributed by atoms with Gasteiger partial charge in [-0.3, -0.25) is 4.79 Å². The van der Waals surface area contributed by atoms with Crippen molar-refractivity contribution in [1.82, 2.24) is 15.4 Å².